The Bertz CT molecular complexity index is 733. The summed E-state index contributed by atoms with van der Waals surface area (Å²) in [5.74, 6) is 1.15. The Hall–Kier alpha value is -1.56. The van der Waals surface area contributed by atoms with Gasteiger partial charge in [0.15, 0.2) is 0 Å². The molecule has 0 spiro atoms. The first-order chi connectivity index (χ1) is 10.3. The van der Waals surface area contributed by atoms with E-state index in [-0.39, 0.29) is 6.09 Å². The van der Waals surface area contributed by atoms with E-state index >= 15 is 0 Å². The van der Waals surface area contributed by atoms with Crippen molar-refractivity contribution in [3.63, 3.8) is 0 Å². The van der Waals surface area contributed by atoms with Crippen molar-refractivity contribution in [3.05, 3.63) is 28.5 Å². The molecular formula is C16H20BrN3O2. The quantitative estimate of drug-likeness (QED) is 0.697. The van der Waals surface area contributed by atoms with Gasteiger partial charge >= 0.3 is 6.09 Å². The summed E-state index contributed by atoms with van der Waals surface area (Å²) >= 11 is 3.48. The Kier molecular flexibility index (Phi) is 3.67. The van der Waals surface area contributed by atoms with Gasteiger partial charge in [0.2, 0.25) is 0 Å². The second kappa shape index (κ2) is 5.26. The van der Waals surface area contributed by atoms with Crippen molar-refractivity contribution in [2.75, 3.05) is 11.4 Å². The lowest BCUT2D eigenvalue weighted by molar-refractivity contribution is 0.0575. The molecule has 6 heteroatoms. The van der Waals surface area contributed by atoms with Gasteiger partial charge in [0, 0.05) is 23.1 Å². The molecule has 1 unspecified atom stereocenters. The number of ether oxygens (including phenoxy) is 1. The molecule has 3 heterocycles. The molecule has 5 nitrogen and oxygen atoms in total. The van der Waals surface area contributed by atoms with E-state index in [2.05, 4.69) is 22.9 Å². The van der Waals surface area contributed by atoms with Crippen molar-refractivity contribution in [3.8, 4) is 0 Å². The molecule has 0 fully saturated rings. The first-order valence-electron chi connectivity index (χ1n) is 7.44. The Balaban J connectivity index is 2.10. The van der Waals surface area contributed by atoms with Crippen LogP contribution in [-0.4, -0.2) is 27.6 Å². The van der Waals surface area contributed by atoms with Gasteiger partial charge in [-0.15, -0.1) is 0 Å². The van der Waals surface area contributed by atoms with Crippen LogP contribution in [0.15, 0.2) is 22.8 Å². The maximum Gasteiger partial charge on any atom is 0.416 e. The third-order valence-electron chi connectivity index (χ3n) is 3.71. The third kappa shape index (κ3) is 2.72. The molecule has 1 atom stereocenters. The van der Waals surface area contributed by atoms with Crippen molar-refractivity contribution in [2.45, 2.75) is 45.6 Å². The minimum atomic E-state index is -0.513. The highest BCUT2D eigenvalue weighted by Gasteiger charge is 2.33. The molecule has 118 valence electrons. The van der Waals surface area contributed by atoms with Crippen LogP contribution < -0.4 is 4.90 Å². The zero-order chi connectivity index (χ0) is 16.1. The third-order valence-corrected chi connectivity index (χ3v) is 4.17. The van der Waals surface area contributed by atoms with E-state index in [1.165, 1.54) is 0 Å². The fourth-order valence-electron chi connectivity index (χ4n) is 2.68. The maximum atomic E-state index is 12.6. The number of hydrogen-bond donors (Lipinski definition) is 0. The van der Waals surface area contributed by atoms with E-state index < -0.39 is 5.60 Å². The van der Waals surface area contributed by atoms with E-state index in [4.69, 9.17) is 9.72 Å². The van der Waals surface area contributed by atoms with Gasteiger partial charge in [-0.05, 0) is 55.3 Å². The molecular weight excluding hydrogens is 346 g/mol. The molecule has 3 rings (SSSR count). The molecule has 0 radical (unpaired) electrons. The largest absolute Gasteiger partial charge is 0.443 e. The number of carbonyl (C=O) groups excluding carboxylic acids is 1. The summed E-state index contributed by atoms with van der Waals surface area (Å²) in [5, 5.41) is 0. The van der Waals surface area contributed by atoms with Gasteiger partial charge in [-0.1, -0.05) is 6.92 Å². The molecule has 2 aromatic rings. The smallest absolute Gasteiger partial charge is 0.416 e. The fourth-order valence-corrected chi connectivity index (χ4v) is 3.02. The maximum absolute atomic E-state index is 12.6. The Morgan fingerprint density at radius 2 is 2.14 bits per heavy atom. The molecule has 1 aliphatic rings. The van der Waals surface area contributed by atoms with Crippen LogP contribution >= 0.6 is 15.9 Å². The second-order valence-corrected chi connectivity index (χ2v) is 7.63. The summed E-state index contributed by atoms with van der Waals surface area (Å²) in [5.41, 5.74) is 1.28. The zero-order valence-corrected chi connectivity index (χ0v) is 14.8. The molecule has 2 aromatic heterocycles. The van der Waals surface area contributed by atoms with Crippen molar-refractivity contribution in [2.24, 2.45) is 0 Å². The van der Waals surface area contributed by atoms with E-state index in [1.807, 2.05) is 43.5 Å². The van der Waals surface area contributed by atoms with Gasteiger partial charge in [-0.2, -0.15) is 0 Å². The first kappa shape index (κ1) is 15.3. The van der Waals surface area contributed by atoms with Crippen LogP contribution in [0, 0.1) is 0 Å². The number of rotatable bonds is 0. The lowest BCUT2D eigenvalue weighted by Gasteiger charge is -2.31. The number of anilines is 1. The van der Waals surface area contributed by atoms with Gasteiger partial charge in [-0.3, -0.25) is 9.30 Å². The molecule has 0 saturated carbocycles. The summed E-state index contributed by atoms with van der Waals surface area (Å²) in [6, 6.07) is 3.90. The number of carbonyl (C=O) groups is 1. The molecule has 1 aliphatic heterocycles. The molecule has 0 saturated heterocycles. The molecule has 0 aliphatic carbocycles. The number of halogens is 1. The molecule has 1 amide bonds. The van der Waals surface area contributed by atoms with Crippen LogP contribution in [0.3, 0.4) is 0 Å². The highest BCUT2D eigenvalue weighted by atomic mass is 79.9. The number of aromatic nitrogens is 2. The average molecular weight is 366 g/mol. The van der Waals surface area contributed by atoms with E-state index in [0.717, 1.165) is 28.1 Å². The van der Waals surface area contributed by atoms with Crippen LogP contribution in [0.1, 0.15) is 45.7 Å². The minimum absolute atomic E-state index is 0.317. The van der Waals surface area contributed by atoms with E-state index in [1.54, 1.807) is 4.90 Å². The number of pyridine rings is 1. The van der Waals surface area contributed by atoms with Gasteiger partial charge in [0.1, 0.15) is 17.1 Å². The monoisotopic (exact) mass is 365 g/mol. The van der Waals surface area contributed by atoms with E-state index in [0.29, 0.717) is 12.5 Å². The van der Waals surface area contributed by atoms with Crippen LogP contribution in [-0.2, 0) is 4.74 Å². The van der Waals surface area contributed by atoms with Crippen molar-refractivity contribution >= 4 is 33.5 Å². The summed E-state index contributed by atoms with van der Waals surface area (Å²) in [4.78, 5) is 19.0. The Morgan fingerprint density at radius 1 is 1.41 bits per heavy atom. The predicted molar refractivity (Wildman–Crippen MR) is 89.5 cm³/mol. The van der Waals surface area contributed by atoms with Crippen LogP contribution in [0.5, 0.6) is 0 Å². The highest BCUT2D eigenvalue weighted by molar-refractivity contribution is 9.10. The first-order valence-corrected chi connectivity index (χ1v) is 8.23. The molecule has 0 aromatic carbocycles. The molecule has 0 bridgehead atoms. The number of hydrogen-bond acceptors (Lipinski definition) is 3. The molecule has 22 heavy (non-hydrogen) atoms. The standard InChI is InChI=1S/C16H20BrN3O2/c1-10-7-8-19(15(21)22-16(2,3)4)14-13(10)18-12-6-5-11(17)9-20(12)14/h5-6,9-10H,7-8H2,1-4H3. The van der Waals surface area contributed by atoms with Crippen LogP contribution in [0.4, 0.5) is 10.6 Å². The van der Waals surface area contributed by atoms with Gasteiger partial charge in [-0.25, -0.2) is 9.78 Å². The molecule has 0 N–H and O–H groups in total. The number of fused-ring (bicyclic) bond motifs is 3. The number of nitrogens with zero attached hydrogens (tertiary/aromatic N) is 3. The number of amides is 1. The minimum Gasteiger partial charge on any atom is -0.443 e. The Labute approximate surface area is 138 Å². The van der Waals surface area contributed by atoms with Gasteiger partial charge in [0.25, 0.3) is 0 Å². The average Bonchev–Trinajstić information content (AvgIpc) is 2.77. The summed E-state index contributed by atoms with van der Waals surface area (Å²) < 4.78 is 8.46. The second-order valence-electron chi connectivity index (χ2n) is 6.72. The predicted octanol–water partition coefficient (Wildman–Crippen LogP) is 4.35. The summed E-state index contributed by atoms with van der Waals surface area (Å²) in [7, 11) is 0. The SMILES string of the molecule is CC1CCN(C(=O)OC(C)(C)C)c2c1nc1ccc(Br)cn21. The van der Waals surface area contributed by atoms with Crippen LogP contribution in [0.25, 0.3) is 5.65 Å². The zero-order valence-electron chi connectivity index (χ0n) is 13.3. The highest BCUT2D eigenvalue weighted by Crippen LogP contribution is 2.36. The Morgan fingerprint density at radius 3 is 2.82 bits per heavy atom. The van der Waals surface area contributed by atoms with Crippen molar-refractivity contribution < 1.29 is 9.53 Å². The van der Waals surface area contributed by atoms with Gasteiger partial charge in [0.05, 0.1) is 5.69 Å². The topological polar surface area (TPSA) is 46.8 Å². The lowest BCUT2D eigenvalue weighted by Crippen LogP contribution is -2.40. The van der Waals surface area contributed by atoms with Crippen molar-refractivity contribution in [1.82, 2.24) is 9.38 Å². The lowest BCUT2D eigenvalue weighted by atomic mass is 10.00. The van der Waals surface area contributed by atoms with Gasteiger partial charge < -0.3 is 4.74 Å². The fraction of sp³-hybridized carbons (Fsp3) is 0.500. The van der Waals surface area contributed by atoms with Crippen molar-refractivity contribution in [1.29, 1.82) is 0 Å². The van der Waals surface area contributed by atoms with E-state index in [9.17, 15) is 4.79 Å². The summed E-state index contributed by atoms with van der Waals surface area (Å²) in [6.45, 7) is 8.42. The number of imidazole rings is 1. The summed E-state index contributed by atoms with van der Waals surface area (Å²) in [6.07, 6.45) is 2.51. The normalized spacial score (nSPS) is 18.4. The van der Waals surface area contributed by atoms with Crippen LogP contribution in [0.2, 0.25) is 0 Å².